The highest BCUT2D eigenvalue weighted by molar-refractivity contribution is 4.83. The Bertz CT molecular complexity index is 282. The van der Waals surface area contributed by atoms with Crippen molar-refractivity contribution in [1.82, 2.24) is 4.90 Å². The highest BCUT2D eigenvalue weighted by Gasteiger charge is 2.09. The van der Waals surface area contributed by atoms with Crippen LogP contribution in [-0.4, -0.2) is 25.0 Å². The third-order valence-corrected chi connectivity index (χ3v) is 5.68. The third-order valence-electron chi connectivity index (χ3n) is 5.68. The quantitative estimate of drug-likeness (QED) is 0.154. The molecule has 0 heterocycles. The summed E-state index contributed by atoms with van der Waals surface area (Å²) in [5.41, 5.74) is 0. The highest BCUT2D eigenvalue weighted by Crippen LogP contribution is 2.15. The van der Waals surface area contributed by atoms with Crippen molar-refractivity contribution in [2.75, 3.05) is 14.1 Å². The van der Waals surface area contributed by atoms with Gasteiger partial charge in [-0.05, 0) is 46.2 Å². The minimum Gasteiger partial charge on any atom is -0.306 e. The van der Waals surface area contributed by atoms with Crippen molar-refractivity contribution in [2.45, 2.75) is 135 Å². The van der Waals surface area contributed by atoms with Gasteiger partial charge in [-0.3, -0.25) is 0 Å². The molecular weight excluding hydrogens is 314 g/mol. The van der Waals surface area contributed by atoms with E-state index in [1.807, 2.05) is 0 Å². The molecule has 0 aromatic rings. The van der Waals surface area contributed by atoms with Crippen LogP contribution in [0.3, 0.4) is 0 Å². The van der Waals surface area contributed by atoms with E-state index >= 15 is 0 Å². The van der Waals surface area contributed by atoms with Gasteiger partial charge in [-0.15, -0.1) is 0 Å². The third kappa shape index (κ3) is 18.5. The number of allylic oxidation sites excluding steroid dienone is 2. The topological polar surface area (TPSA) is 3.24 Å². The van der Waals surface area contributed by atoms with E-state index in [0.717, 1.165) is 6.04 Å². The zero-order valence-electron chi connectivity index (χ0n) is 18.9. The molecule has 156 valence electrons. The van der Waals surface area contributed by atoms with Crippen LogP contribution in [0.5, 0.6) is 0 Å². The number of nitrogens with zero attached hydrogens (tertiary/aromatic N) is 1. The van der Waals surface area contributed by atoms with Crippen molar-refractivity contribution in [3.05, 3.63) is 12.2 Å². The Hall–Kier alpha value is -0.300. The Balaban J connectivity index is 3.55. The van der Waals surface area contributed by atoms with Gasteiger partial charge in [0.05, 0.1) is 0 Å². The van der Waals surface area contributed by atoms with Crippen LogP contribution in [0.25, 0.3) is 0 Å². The van der Waals surface area contributed by atoms with Crippen LogP contribution >= 0.6 is 0 Å². The number of hydrogen-bond acceptors (Lipinski definition) is 1. The Morgan fingerprint density at radius 1 is 0.538 bits per heavy atom. The van der Waals surface area contributed by atoms with Gasteiger partial charge >= 0.3 is 0 Å². The van der Waals surface area contributed by atoms with Crippen LogP contribution in [0, 0.1) is 0 Å². The van der Waals surface area contributed by atoms with Gasteiger partial charge in [0, 0.05) is 6.04 Å². The molecule has 0 aliphatic heterocycles. The summed E-state index contributed by atoms with van der Waals surface area (Å²) in [5.74, 6) is 0. The van der Waals surface area contributed by atoms with Gasteiger partial charge in [0.2, 0.25) is 0 Å². The summed E-state index contributed by atoms with van der Waals surface area (Å²) in [6, 6.07) is 0.772. The molecule has 0 fully saturated rings. The van der Waals surface area contributed by atoms with E-state index in [0.29, 0.717) is 0 Å². The van der Waals surface area contributed by atoms with E-state index in [1.54, 1.807) is 0 Å². The summed E-state index contributed by atoms with van der Waals surface area (Å²) in [6.45, 7) is 4.59. The lowest BCUT2D eigenvalue weighted by atomic mass is 10.0. The molecule has 0 amide bonds. The van der Waals surface area contributed by atoms with E-state index < -0.39 is 0 Å². The first kappa shape index (κ1) is 25.7. The molecule has 0 saturated carbocycles. The van der Waals surface area contributed by atoms with Crippen LogP contribution in [0.4, 0.5) is 0 Å². The fourth-order valence-corrected chi connectivity index (χ4v) is 3.74. The van der Waals surface area contributed by atoms with Gasteiger partial charge in [-0.1, -0.05) is 109 Å². The zero-order valence-corrected chi connectivity index (χ0v) is 18.9. The van der Waals surface area contributed by atoms with Crippen LogP contribution in [0.15, 0.2) is 12.2 Å². The second-order valence-corrected chi connectivity index (χ2v) is 8.49. The number of hydrogen-bond donors (Lipinski definition) is 0. The maximum Gasteiger partial charge on any atom is 0.00921 e. The molecule has 1 heteroatoms. The monoisotopic (exact) mass is 365 g/mol. The van der Waals surface area contributed by atoms with Gasteiger partial charge in [-0.25, -0.2) is 0 Å². The molecule has 0 rings (SSSR count). The van der Waals surface area contributed by atoms with Crippen LogP contribution in [0.2, 0.25) is 0 Å². The van der Waals surface area contributed by atoms with Crippen molar-refractivity contribution in [3.8, 4) is 0 Å². The van der Waals surface area contributed by atoms with Crippen molar-refractivity contribution < 1.29 is 0 Å². The lowest BCUT2D eigenvalue weighted by molar-refractivity contribution is 0.258. The summed E-state index contributed by atoms with van der Waals surface area (Å²) in [6.07, 6.45) is 30.0. The van der Waals surface area contributed by atoms with Crippen molar-refractivity contribution >= 4 is 0 Å². The van der Waals surface area contributed by atoms with E-state index in [1.165, 1.54) is 116 Å². The SMILES string of the molecule is CCCCCCCCCC=CCCC(CCCCCCCCC)N(C)C. The molecule has 0 aromatic carbocycles. The first-order chi connectivity index (χ1) is 12.7. The number of rotatable bonds is 20. The Morgan fingerprint density at radius 2 is 1.00 bits per heavy atom. The Kier molecular flexibility index (Phi) is 20.8. The molecule has 0 aliphatic carbocycles. The Morgan fingerprint density at radius 3 is 1.54 bits per heavy atom. The molecule has 0 saturated heterocycles. The van der Waals surface area contributed by atoms with Crippen LogP contribution < -0.4 is 0 Å². The summed E-state index contributed by atoms with van der Waals surface area (Å²) in [7, 11) is 4.52. The predicted molar refractivity (Wildman–Crippen MR) is 121 cm³/mol. The normalized spacial score (nSPS) is 13.1. The second-order valence-electron chi connectivity index (χ2n) is 8.49. The molecule has 1 unspecified atom stereocenters. The first-order valence-corrected chi connectivity index (χ1v) is 12.0. The maximum atomic E-state index is 2.45. The Labute approximate surface area is 167 Å². The van der Waals surface area contributed by atoms with E-state index in [-0.39, 0.29) is 0 Å². The molecule has 0 aromatic heterocycles. The van der Waals surface area contributed by atoms with Crippen molar-refractivity contribution in [1.29, 1.82) is 0 Å². The van der Waals surface area contributed by atoms with Crippen LogP contribution in [-0.2, 0) is 0 Å². The van der Waals surface area contributed by atoms with Crippen molar-refractivity contribution in [3.63, 3.8) is 0 Å². The molecule has 1 atom stereocenters. The number of unbranched alkanes of at least 4 members (excludes halogenated alkanes) is 13. The summed E-state index contributed by atoms with van der Waals surface area (Å²) >= 11 is 0. The minimum atomic E-state index is 0.772. The minimum absolute atomic E-state index is 0.772. The van der Waals surface area contributed by atoms with Crippen molar-refractivity contribution in [2.24, 2.45) is 0 Å². The van der Waals surface area contributed by atoms with E-state index in [9.17, 15) is 0 Å². The summed E-state index contributed by atoms with van der Waals surface area (Å²) < 4.78 is 0. The molecular formula is C25H51N. The second kappa shape index (κ2) is 21.0. The average Bonchev–Trinajstić information content (AvgIpc) is 2.63. The van der Waals surface area contributed by atoms with E-state index in [2.05, 4.69) is 45.0 Å². The van der Waals surface area contributed by atoms with Gasteiger partial charge in [-0.2, -0.15) is 0 Å². The lowest BCUT2D eigenvalue weighted by Gasteiger charge is -2.23. The standard InChI is InChI=1S/C25H51N/c1-5-7-9-11-13-14-15-16-18-20-22-24-25(26(3)4)23-21-19-17-12-10-8-6-2/h18,20,25H,5-17,19,21-24H2,1-4H3. The largest absolute Gasteiger partial charge is 0.306 e. The smallest absolute Gasteiger partial charge is 0.00921 e. The molecule has 0 aliphatic rings. The fourth-order valence-electron chi connectivity index (χ4n) is 3.74. The van der Waals surface area contributed by atoms with Gasteiger partial charge < -0.3 is 4.90 Å². The molecule has 0 spiro atoms. The average molecular weight is 366 g/mol. The molecule has 0 N–H and O–H groups in total. The molecule has 26 heavy (non-hydrogen) atoms. The van der Waals surface area contributed by atoms with Gasteiger partial charge in [0.15, 0.2) is 0 Å². The lowest BCUT2D eigenvalue weighted by Crippen LogP contribution is -2.27. The molecule has 0 radical (unpaired) electrons. The fraction of sp³-hybridized carbons (Fsp3) is 0.920. The molecule has 0 bridgehead atoms. The highest BCUT2D eigenvalue weighted by atomic mass is 15.1. The summed E-state index contributed by atoms with van der Waals surface area (Å²) in [5, 5.41) is 0. The predicted octanol–water partition coefficient (Wildman–Crippen LogP) is 8.53. The van der Waals surface area contributed by atoms with Gasteiger partial charge in [0.25, 0.3) is 0 Å². The van der Waals surface area contributed by atoms with E-state index in [4.69, 9.17) is 0 Å². The summed E-state index contributed by atoms with van der Waals surface area (Å²) in [4.78, 5) is 2.45. The van der Waals surface area contributed by atoms with Gasteiger partial charge in [0.1, 0.15) is 0 Å². The van der Waals surface area contributed by atoms with Crippen LogP contribution in [0.1, 0.15) is 129 Å². The first-order valence-electron chi connectivity index (χ1n) is 12.0. The maximum absolute atomic E-state index is 2.45. The molecule has 1 nitrogen and oxygen atoms in total. The zero-order chi connectivity index (χ0) is 19.3.